The van der Waals surface area contributed by atoms with Gasteiger partial charge in [-0.2, -0.15) is 0 Å². The normalized spacial score (nSPS) is 18.0. The van der Waals surface area contributed by atoms with Crippen LogP contribution in [0.25, 0.3) is 0 Å². The van der Waals surface area contributed by atoms with Gasteiger partial charge >= 0.3 is 0 Å². The van der Waals surface area contributed by atoms with Crippen LogP contribution in [0, 0.1) is 17.6 Å². The van der Waals surface area contributed by atoms with E-state index in [4.69, 9.17) is 5.73 Å². The van der Waals surface area contributed by atoms with Crippen LogP contribution >= 0.6 is 0 Å². The molecule has 1 aromatic rings. The maximum atomic E-state index is 13.4. The van der Waals surface area contributed by atoms with Crippen molar-refractivity contribution < 1.29 is 8.78 Å². The first-order valence-electron chi connectivity index (χ1n) is 6.40. The summed E-state index contributed by atoms with van der Waals surface area (Å²) in [7, 11) is 0. The Morgan fingerprint density at radius 3 is 2.61 bits per heavy atom. The van der Waals surface area contributed by atoms with E-state index in [1.54, 1.807) is 0 Å². The van der Waals surface area contributed by atoms with Gasteiger partial charge in [-0.3, -0.25) is 4.99 Å². The Morgan fingerprint density at radius 1 is 1.22 bits per heavy atom. The molecule has 98 valence electrons. The summed E-state index contributed by atoms with van der Waals surface area (Å²) in [6, 6.07) is 3.54. The van der Waals surface area contributed by atoms with Gasteiger partial charge in [-0.25, -0.2) is 8.78 Å². The van der Waals surface area contributed by atoms with E-state index in [2.05, 4.69) is 4.99 Å². The third-order valence-corrected chi connectivity index (χ3v) is 3.47. The number of aliphatic imine (C=N–C) groups is 1. The molecular formula is C14H18F2N2. The smallest absolute Gasteiger partial charge is 0.131 e. The molecule has 1 aliphatic rings. The minimum absolute atomic E-state index is 0.189. The molecule has 1 saturated carbocycles. The lowest BCUT2D eigenvalue weighted by Crippen LogP contribution is -2.25. The fourth-order valence-corrected chi connectivity index (χ4v) is 2.35. The fourth-order valence-electron chi connectivity index (χ4n) is 2.35. The molecule has 0 radical (unpaired) electrons. The summed E-state index contributed by atoms with van der Waals surface area (Å²) in [6.07, 6.45) is 5.77. The predicted molar refractivity (Wildman–Crippen MR) is 68.3 cm³/mol. The summed E-state index contributed by atoms with van der Waals surface area (Å²) in [5.41, 5.74) is 6.31. The number of hydrogen-bond acceptors (Lipinski definition) is 1. The molecule has 1 fully saturated rings. The number of nitrogens with zero attached hydrogens (tertiary/aromatic N) is 1. The monoisotopic (exact) mass is 252 g/mol. The van der Waals surface area contributed by atoms with E-state index in [9.17, 15) is 8.78 Å². The van der Waals surface area contributed by atoms with Crippen LogP contribution in [0.1, 0.15) is 37.7 Å². The summed E-state index contributed by atoms with van der Waals surface area (Å²) in [6.45, 7) is 0.189. The highest BCUT2D eigenvalue weighted by molar-refractivity contribution is 5.82. The Labute approximate surface area is 106 Å². The van der Waals surface area contributed by atoms with E-state index >= 15 is 0 Å². The third kappa shape index (κ3) is 3.28. The Morgan fingerprint density at radius 2 is 1.94 bits per heavy atom. The van der Waals surface area contributed by atoms with Crippen molar-refractivity contribution in [2.75, 3.05) is 0 Å². The van der Waals surface area contributed by atoms with E-state index in [-0.39, 0.29) is 6.54 Å². The molecule has 2 N–H and O–H groups in total. The lowest BCUT2D eigenvalue weighted by molar-refractivity contribution is 0.436. The van der Waals surface area contributed by atoms with Crippen molar-refractivity contribution in [2.45, 2.75) is 38.6 Å². The van der Waals surface area contributed by atoms with Gasteiger partial charge in [0.1, 0.15) is 11.6 Å². The van der Waals surface area contributed by atoms with Gasteiger partial charge in [0.15, 0.2) is 0 Å². The molecule has 0 saturated heterocycles. The number of amidine groups is 1. The van der Waals surface area contributed by atoms with Gasteiger partial charge in [0.2, 0.25) is 0 Å². The second-order valence-corrected chi connectivity index (χ2v) is 4.81. The highest BCUT2D eigenvalue weighted by Crippen LogP contribution is 2.24. The summed E-state index contributed by atoms with van der Waals surface area (Å²) < 4.78 is 26.1. The van der Waals surface area contributed by atoms with E-state index < -0.39 is 11.6 Å². The zero-order chi connectivity index (χ0) is 13.0. The maximum Gasteiger partial charge on any atom is 0.131 e. The summed E-state index contributed by atoms with van der Waals surface area (Å²) in [4.78, 5) is 4.24. The Kier molecular flexibility index (Phi) is 4.28. The topological polar surface area (TPSA) is 38.4 Å². The molecule has 0 atom stereocenters. The molecule has 1 aromatic carbocycles. The number of nitrogens with two attached hydrogens (primary N) is 1. The lowest BCUT2D eigenvalue weighted by atomic mass is 9.88. The van der Waals surface area contributed by atoms with Crippen molar-refractivity contribution in [3.8, 4) is 0 Å². The first-order chi connectivity index (χ1) is 8.66. The fraction of sp³-hybridized carbons (Fsp3) is 0.500. The minimum atomic E-state index is -0.569. The third-order valence-electron chi connectivity index (χ3n) is 3.47. The van der Waals surface area contributed by atoms with E-state index in [0.717, 1.165) is 18.9 Å². The maximum absolute atomic E-state index is 13.4. The van der Waals surface area contributed by atoms with Crippen LogP contribution in [0.4, 0.5) is 8.78 Å². The van der Waals surface area contributed by atoms with Gasteiger partial charge in [-0.1, -0.05) is 25.3 Å². The SMILES string of the molecule is NC(=NCc1ccc(F)cc1F)C1CCCCC1. The first-order valence-corrected chi connectivity index (χ1v) is 6.40. The molecule has 0 aliphatic heterocycles. The molecule has 2 nitrogen and oxygen atoms in total. The molecule has 4 heteroatoms. The summed E-state index contributed by atoms with van der Waals surface area (Å²) in [5, 5.41) is 0. The van der Waals surface area contributed by atoms with Gasteiger partial charge in [-0.15, -0.1) is 0 Å². The van der Waals surface area contributed by atoms with Crippen LogP contribution in [0.5, 0.6) is 0 Å². The van der Waals surface area contributed by atoms with Crippen LogP contribution in [-0.2, 0) is 6.54 Å². The van der Waals surface area contributed by atoms with Crippen LogP contribution in [0.15, 0.2) is 23.2 Å². The van der Waals surface area contributed by atoms with Crippen LogP contribution in [0.3, 0.4) is 0 Å². The second-order valence-electron chi connectivity index (χ2n) is 4.81. The molecule has 0 amide bonds. The average Bonchev–Trinajstić information content (AvgIpc) is 2.38. The Balaban J connectivity index is 2.00. The highest BCUT2D eigenvalue weighted by Gasteiger charge is 2.16. The van der Waals surface area contributed by atoms with E-state index in [1.807, 2.05) is 0 Å². The van der Waals surface area contributed by atoms with Crippen molar-refractivity contribution in [3.63, 3.8) is 0 Å². The molecule has 2 rings (SSSR count). The zero-order valence-corrected chi connectivity index (χ0v) is 10.3. The molecular weight excluding hydrogens is 234 g/mol. The van der Waals surface area contributed by atoms with E-state index in [1.165, 1.54) is 31.4 Å². The highest BCUT2D eigenvalue weighted by atomic mass is 19.1. The predicted octanol–water partition coefficient (Wildman–Crippen LogP) is 3.40. The van der Waals surface area contributed by atoms with Crippen molar-refractivity contribution in [1.82, 2.24) is 0 Å². The molecule has 1 aliphatic carbocycles. The van der Waals surface area contributed by atoms with Crippen molar-refractivity contribution in [3.05, 3.63) is 35.4 Å². The van der Waals surface area contributed by atoms with Crippen LogP contribution in [-0.4, -0.2) is 5.84 Å². The van der Waals surface area contributed by atoms with Crippen molar-refractivity contribution >= 4 is 5.84 Å². The summed E-state index contributed by atoms with van der Waals surface area (Å²) >= 11 is 0. The van der Waals surface area contributed by atoms with Gasteiger partial charge < -0.3 is 5.73 Å². The largest absolute Gasteiger partial charge is 0.387 e. The molecule has 0 bridgehead atoms. The summed E-state index contributed by atoms with van der Waals surface area (Å²) in [5.74, 6) is -0.184. The lowest BCUT2D eigenvalue weighted by Gasteiger charge is -2.20. The van der Waals surface area contributed by atoms with Gasteiger partial charge in [-0.05, 0) is 18.9 Å². The van der Waals surface area contributed by atoms with E-state index in [0.29, 0.717) is 17.3 Å². The number of halogens is 2. The van der Waals surface area contributed by atoms with Crippen LogP contribution in [0.2, 0.25) is 0 Å². The van der Waals surface area contributed by atoms with Gasteiger partial charge in [0, 0.05) is 17.5 Å². The Bertz CT molecular complexity index is 437. The van der Waals surface area contributed by atoms with Gasteiger partial charge in [0.05, 0.1) is 12.4 Å². The second kappa shape index (κ2) is 5.94. The quantitative estimate of drug-likeness (QED) is 0.649. The van der Waals surface area contributed by atoms with Gasteiger partial charge in [0.25, 0.3) is 0 Å². The van der Waals surface area contributed by atoms with Crippen molar-refractivity contribution in [2.24, 2.45) is 16.6 Å². The molecule has 0 spiro atoms. The van der Waals surface area contributed by atoms with Crippen molar-refractivity contribution in [1.29, 1.82) is 0 Å². The molecule has 0 unspecified atom stereocenters. The number of hydrogen-bond donors (Lipinski definition) is 1. The minimum Gasteiger partial charge on any atom is -0.387 e. The average molecular weight is 252 g/mol. The first kappa shape index (κ1) is 13.0. The molecule has 18 heavy (non-hydrogen) atoms. The van der Waals surface area contributed by atoms with Crippen LogP contribution < -0.4 is 5.73 Å². The zero-order valence-electron chi connectivity index (χ0n) is 10.3. The molecule has 0 aromatic heterocycles. The molecule has 0 heterocycles. The Hall–Kier alpha value is -1.45. The standard InChI is InChI=1S/C14H18F2N2/c15-12-7-6-11(13(16)8-12)9-18-14(17)10-4-2-1-3-5-10/h6-8,10H,1-5,9H2,(H2,17,18). The number of benzene rings is 1. The number of rotatable bonds is 3.